The van der Waals surface area contributed by atoms with Gasteiger partial charge in [-0.2, -0.15) is 0 Å². The van der Waals surface area contributed by atoms with Crippen LogP contribution in [0, 0.1) is 6.92 Å². The van der Waals surface area contributed by atoms with Gasteiger partial charge in [0.25, 0.3) is 0 Å². The monoisotopic (exact) mass is 320 g/mol. The minimum Gasteiger partial charge on any atom is -0.457 e. The van der Waals surface area contributed by atoms with E-state index in [2.05, 4.69) is 4.72 Å². The Morgan fingerprint density at radius 1 is 1.14 bits per heavy atom. The molecule has 0 aliphatic heterocycles. The van der Waals surface area contributed by atoms with Crippen molar-refractivity contribution >= 4 is 10.0 Å². The van der Waals surface area contributed by atoms with E-state index in [1.54, 1.807) is 19.1 Å². The molecule has 0 aliphatic rings. The van der Waals surface area contributed by atoms with Gasteiger partial charge in [-0.25, -0.2) is 13.1 Å². The van der Waals surface area contributed by atoms with Gasteiger partial charge in [-0.1, -0.05) is 12.1 Å². The number of aryl methyl sites for hydroxylation is 1. The van der Waals surface area contributed by atoms with Gasteiger partial charge in [0, 0.05) is 12.6 Å². The lowest BCUT2D eigenvalue weighted by Crippen LogP contribution is -2.37. The van der Waals surface area contributed by atoms with Crippen molar-refractivity contribution in [3.05, 3.63) is 54.1 Å². The van der Waals surface area contributed by atoms with E-state index in [1.165, 1.54) is 12.1 Å². The minimum absolute atomic E-state index is 0.185. The second kappa shape index (κ2) is 6.91. The second-order valence-electron chi connectivity index (χ2n) is 5.15. The van der Waals surface area contributed by atoms with Crippen molar-refractivity contribution in [3.63, 3.8) is 0 Å². The SMILES string of the molecule is Cc1cccc(Oc2ccc(S(=O)(=O)N[C@@H](C)CN)cc2)c1. The number of nitrogens with two attached hydrogens (primary N) is 1. The maximum absolute atomic E-state index is 12.1. The molecular formula is C16H20N2O3S. The van der Waals surface area contributed by atoms with Crippen molar-refractivity contribution in [2.45, 2.75) is 24.8 Å². The number of rotatable bonds is 6. The molecule has 2 aromatic rings. The molecule has 0 aromatic heterocycles. The van der Waals surface area contributed by atoms with Crippen LogP contribution in [0.2, 0.25) is 0 Å². The molecule has 0 bridgehead atoms. The molecule has 0 amide bonds. The third-order valence-electron chi connectivity index (χ3n) is 3.07. The largest absolute Gasteiger partial charge is 0.457 e. The molecular weight excluding hydrogens is 300 g/mol. The average Bonchev–Trinajstić information content (AvgIpc) is 2.47. The Labute approximate surface area is 131 Å². The van der Waals surface area contributed by atoms with Gasteiger partial charge in [0.05, 0.1) is 4.90 Å². The van der Waals surface area contributed by atoms with Crippen LogP contribution in [0.3, 0.4) is 0 Å². The van der Waals surface area contributed by atoms with E-state index in [4.69, 9.17) is 10.5 Å². The molecule has 0 aliphatic carbocycles. The maximum atomic E-state index is 12.1. The predicted molar refractivity (Wildman–Crippen MR) is 86.5 cm³/mol. The first-order valence-corrected chi connectivity index (χ1v) is 8.46. The Hall–Kier alpha value is -1.89. The highest BCUT2D eigenvalue weighted by Gasteiger charge is 2.16. The summed E-state index contributed by atoms with van der Waals surface area (Å²) in [6.45, 7) is 3.94. The summed E-state index contributed by atoms with van der Waals surface area (Å²) in [4.78, 5) is 0.185. The summed E-state index contributed by atoms with van der Waals surface area (Å²) in [6.07, 6.45) is 0. The maximum Gasteiger partial charge on any atom is 0.240 e. The fourth-order valence-electron chi connectivity index (χ4n) is 1.88. The summed E-state index contributed by atoms with van der Waals surface area (Å²) >= 11 is 0. The van der Waals surface area contributed by atoms with Crippen molar-refractivity contribution in [2.75, 3.05) is 6.54 Å². The smallest absolute Gasteiger partial charge is 0.240 e. The third-order valence-corrected chi connectivity index (χ3v) is 4.67. The summed E-state index contributed by atoms with van der Waals surface area (Å²) in [6, 6.07) is 13.6. The van der Waals surface area contributed by atoms with Crippen LogP contribution >= 0.6 is 0 Å². The molecule has 2 rings (SSSR count). The second-order valence-corrected chi connectivity index (χ2v) is 6.86. The Morgan fingerprint density at radius 2 is 1.82 bits per heavy atom. The first kappa shape index (κ1) is 16.5. The number of hydrogen-bond acceptors (Lipinski definition) is 4. The zero-order valence-electron chi connectivity index (χ0n) is 12.6. The van der Waals surface area contributed by atoms with Gasteiger partial charge in [0.2, 0.25) is 10.0 Å². The van der Waals surface area contributed by atoms with Crippen LogP contribution in [0.15, 0.2) is 53.4 Å². The van der Waals surface area contributed by atoms with E-state index in [9.17, 15) is 8.42 Å². The molecule has 3 N–H and O–H groups in total. The normalized spacial score (nSPS) is 12.9. The average molecular weight is 320 g/mol. The van der Waals surface area contributed by atoms with Crippen LogP contribution in [0.5, 0.6) is 11.5 Å². The van der Waals surface area contributed by atoms with Crippen molar-refractivity contribution in [2.24, 2.45) is 5.73 Å². The van der Waals surface area contributed by atoms with Crippen molar-refractivity contribution < 1.29 is 13.2 Å². The molecule has 0 unspecified atom stereocenters. The van der Waals surface area contributed by atoms with Gasteiger partial charge in [0.15, 0.2) is 0 Å². The Bertz CT molecular complexity index is 727. The summed E-state index contributed by atoms with van der Waals surface area (Å²) in [5, 5.41) is 0. The molecule has 5 nitrogen and oxygen atoms in total. The van der Waals surface area contributed by atoms with Crippen molar-refractivity contribution in [3.8, 4) is 11.5 Å². The van der Waals surface area contributed by atoms with Crippen LogP contribution in [0.4, 0.5) is 0 Å². The van der Waals surface area contributed by atoms with Crippen LogP contribution < -0.4 is 15.2 Å². The van der Waals surface area contributed by atoms with Crippen molar-refractivity contribution in [1.82, 2.24) is 4.72 Å². The summed E-state index contributed by atoms with van der Waals surface area (Å²) in [5.74, 6) is 1.29. The van der Waals surface area contributed by atoms with Crippen LogP contribution in [0.1, 0.15) is 12.5 Å². The molecule has 0 heterocycles. The fourth-order valence-corrected chi connectivity index (χ4v) is 3.14. The predicted octanol–water partition coefficient (Wildman–Crippen LogP) is 2.41. The molecule has 0 radical (unpaired) electrons. The van der Waals surface area contributed by atoms with Crippen molar-refractivity contribution in [1.29, 1.82) is 0 Å². The third kappa shape index (κ3) is 4.30. The van der Waals surface area contributed by atoms with Crippen LogP contribution in [-0.2, 0) is 10.0 Å². The molecule has 6 heteroatoms. The molecule has 0 spiro atoms. The van der Waals surface area contributed by atoms with E-state index < -0.39 is 10.0 Å². The Balaban J connectivity index is 2.13. The molecule has 1 atom stereocenters. The number of nitrogens with one attached hydrogen (secondary N) is 1. The van der Waals surface area contributed by atoms with E-state index in [0.29, 0.717) is 11.5 Å². The molecule has 0 saturated heterocycles. The first-order chi connectivity index (χ1) is 10.4. The van der Waals surface area contributed by atoms with Gasteiger partial charge >= 0.3 is 0 Å². The number of hydrogen-bond donors (Lipinski definition) is 2. The number of ether oxygens (including phenoxy) is 1. The standard InChI is InChI=1S/C16H20N2O3S/c1-12-4-3-5-15(10-12)21-14-6-8-16(9-7-14)22(19,20)18-13(2)11-17/h3-10,13,18H,11,17H2,1-2H3/t13-/m0/s1. The van der Waals surface area contributed by atoms with Crippen LogP contribution in [-0.4, -0.2) is 21.0 Å². The number of sulfonamides is 1. The summed E-state index contributed by atoms with van der Waals surface area (Å²) in [7, 11) is -3.55. The molecule has 0 fully saturated rings. The lowest BCUT2D eigenvalue weighted by atomic mass is 10.2. The van der Waals surface area contributed by atoms with Gasteiger partial charge in [-0.3, -0.25) is 0 Å². The molecule has 118 valence electrons. The Morgan fingerprint density at radius 3 is 2.41 bits per heavy atom. The lowest BCUT2D eigenvalue weighted by molar-refractivity contribution is 0.481. The Kier molecular flexibility index (Phi) is 5.18. The highest BCUT2D eigenvalue weighted by Crippen LogP contribution is 2.23. The molecule has 22 heavy (non-hydrogen) atoms. The zero-order chi connectivity index (χ0) is 16.2. The van der Waals surface area contributed by atoms with Crippen LogP contribution in [0.25, 0.3) is 0 Å². The highest BCUT2D eigenvalue weighted by molar-refractivity contribution is 7.89. The van der Waals surface area contributed by atoms with E-state index in [-0.39, 0.29) is 17.5 Å². The number of benzene rings is 2. The van der Waals surface area contributed by atoms with Gasteiger partial charge in [-0.05, 0) is 55.8 Å². The van der Waals surface area contributed by atoms with Gasteiger partial charge < -0.3 is 10.5 Å². The quantitative estimate of drug-likeness (QED) is 0.856. The van der Waals surface area contributed by atoms with E-state index in [0.717, 1.165) is 5.56 Å². The highest BCUT2D eigenvalue weighted by atomic mass is 32.2. The molecule has 2 aromatic carbocycles. The first-order valence-electron chi connectivity index (χ1n) is 6.98. The lowest BCUT2D eigenvalue weighted by Gasteiger charge is -2.12. The van der Waals surface area contributed by atoms with Gasteiger partial charge in [0.1, 0.15) is 11.5 Å². The van der Waals surface area contributed by atoms with E-state index in [1.807, 2.05) is 31.2 Å². The molecule has 0 saturated carbocycles. The minimum atomic E-state index is -3.55. The summed E-state index contributed by atoms with van der Waals surface area (Å²) < 4.78 is 32.4. The fraction of sp³-hybridized carbons (Fsp3) is 0.250. The van der Waals surface area contributed by atoms with E-state index >= 15 is 0 Å². The zero-order valence-corrected chi connectivity index (χ0v) is 13.4. The van der Waals surface area contributed by atoms with Gasteiger partial charge in [-0.15, -0.1) is 0 Å². The summed E-state index contributed by atoms with van der Waals surface area (Å²) in [5.41, 5.74) is 6.53. The topological polar surface area (TPSA) is 81.4 Å².